The minimum Gasteiger partial charge on any atom is -0.450 e. The third-order valence-electron chi connectivity index (χ3n) is 2.73. The highest BCUT2D eigenvalue weighted by atomic mass is 32.1. The number of thiophene rings is 1. The van der Waals surface area contributed by atoms with E-state index in [1.165, 1.54) is 7.05 Å². The van der Waals surface area contributed by atoms with Crippen LogP contribution >= 0.6 is 11.3 Å². The van der Waals surface area contributed by atoms with Gasteiger partial charge in [0, 0.05) is 17.5 Å². The molecule has 92 valence electrons. The van der Waals surface area contributed by atoms with Crippen molar-refractivity contribution in [3.05, 3.63) is 41.3 Å². The van der Waals surface area contributed by atoms with Crippen LogP contribution in [0.5, 0.6) is 5.75 Å². The third-order valence-corrected chi connectivity index (χ3v) is 3.70. The molecule has 0 radical (unpaired) electrons. The van der Waals surface area contributed by atoms with Crippen molar-refractivity contribution in [2.75, 3.05) is 7.05 Å². The van der Waals surface area contributed by atoms with E-state index in [4.69, 9.17) is 9.47 Å². The maximum Gasteiger partial charge on any atom is 0.410 e. The number of fused-ring (bicyclic) bond motifs is 3. The van der Waals surface area contributed by atoms with Gasteiger partial charge in [-0.05, 0) is 23.6 Å². The molecule has 0 saturated heterocycles. The Hall–Kier alpha value is -2.01. The van der Waals surface area contributed by atoms with Crippen LogP contribution in [-0.2, 0) is 4.74 Å². The molecule has 4 nitrogen and oxygen atoms in total. The predicted octanol–water partition coefficient (Wildman–Crippen LogP) is 3.16. The fourth-order valence-electron chi connectivity index (χ4n) is 1.90. The van der Waals surface area contributed by atoms with E-state index >= 15 is 0 Å². The number of amides is 1. The van der Waals surface area contributed by atoms with Crippen LogP contribution < -0.4 is 10.1 Å². The average Bonchev–Trinajstić information content (AvgIpc) is 2.88. The smallest absolute Gasteiger partial charge is 0.410 e. The zero-order valence-electron chi connectivity index (χ0n) is 9.67. The number of alkyl carbamates (subject to hydrolysis) is 1. The van der Waals surface area contributed by atoms with Gasteiger partial charge in [0.25, 0.3) is 6.29 Å². The van der Waals surface area contributed by atoms with Crippen LogP contribution in [0.15, 0.2) is 35.7 Å². The van der Waals surface area contributed by atoms with E-state index in [9.17, 15) is 4.79 Å². The molecule has 1 N–H and O–H groups in total. The van der Waals surface area contributed by atoms with Gasteiger partial charge < -0.3 is 14.8 Å². The summed E-state index contributed by atoms with van der Waals surface area (Å²) < 4.78 is 10.9. The molecule has 0 saturated carbocycles. The van der Waals surface area contributed by atoms with Gasteiger partial charge in [-0.25, -0.2) is 4.79 Å². The Labute approximate surface area is 108 Å². The van der Waals surface area contributed by atoms with Crippen LogP contribution in [0.3, 0.4) is 0 Å². The zero-order valence-corrected chi connectivity index (χ0v) is 10.5. The van der Waals surface area contributed by atoms with E-state index in [-0.39, 0.29) is 0 Å². The quantitative estimate of drug-likeness (QED) is 0.857. The fraction of sp³-hybridized carbons (Fsp3) is 0.154. The van der Waals surface area contributed by atoms with Gasteiger partial charge >= 0.3 is 6.09 Å². The highest BCUT2D eigenvalue weighted by Crippen LogP contribution is 2.45. The Kier molecular flexibility index (Phi) is 2.68. The van der Waals surface area contributed by atoms with Crippen molar-refractivity contribution >= 4 is 17.4 Å². The summed E-state index contributed by atoms with van der Waals surface area (Å²) in [6.45, 7) is 0. The van der Waals surface area contributed by atoms with Gasteiger partial charge in [0.15, 0.2) is 0 Å². The SMILES string of the molecule is CNC(=O)OC1Oc2ccccc2-c2sccc21. The number of rotatable bonds is 1. The van der Waals surface area contributed by atoms with Crippen molar-refractivity contribution < 1.29 is 14.3 Å². The summed E-state index contributed by atoms with van der Waals surface area (Å²) in [4.78, 5) is 12.4. The molecule has 1 amide bonds. The van der Waals surface area contributed by atoms with E-state index in [0.29, 0.717) is 0 Å². The minimum atomic E-state index is -0.680. The molecule has 3 rings (SSSR count). The number of hydrogen-bond acceptors (Lipinski definition) is 4. The minimum absolute atomic E-state index is 0.503. The summed E-state index contributed by atoms with van der Waals surface area (Å²) in [5.74, 6) is 0.737. The van der Waals surface area contributed by atoms with Gasteiger partial charge in [0.2, 0.25) is 0 Å². The summed E-state index contributed by atoms with van der Waals surface area (Å²) in [6.07, 6.45) is -1.18. The second-order valence-corrected chi connectivity index (χ2v) is 4.72. The standard InChI is InChI=1S/C13H11NO3S/c1-14-13(15)17-12-9-6-7-18-11(9)8-4-2-3-5-10(8)16-12/h2-7,12H,1H3,(H,14,15). The number of para-hydroxylation sites is 1. The number of ether oxygens (including phenoxy) is 2. The molecule has 0 bridgehead atoms. The van der Waals surface area contributed by atoms with Gasteiger partial charge in [-0.15, -0.1) is 11.3 Å². The van der Waals surface area contributed by atoms with Crippen molar-refractivity contribution in [2.45, 2.75) is 6.29 Å². The van der Waals surface area contributed by atoms with Gasteiger partial charge in [-0.2, -0.15) is 0 Å². The molecule has 1 unspecified atom stereocenters. The zero-order chi connectivity index (χ0) is 12.5. The first-order valence-electron chi connectivity index (χ1n) is 5.51. The Morgan fingerprint density at radius 2 is 2.22 bits per heavy atom. The highest BCUT2D eigenvalue weighted by molar-refractivity contribution is 7.13. The van der Waals surface area contributed by atoms with Crippen LogP contribution in [0.25, 0.3) is 10.4 Å². The maximum absolute atomic E-state index is 11.3. The molecule has 1 aliphatic rings. The maximum atomic E-state index is 11.3. The van der Waals surface area contributed by atoms with Crippen LogP contribution in [0.4, 0.5) is 4.79 Å². The van der Waals surface area contributed by atoms with Crippen molar-refractivity contribution in [2.24, 2.45) is 0 Å². The molecule has 1 aliphatic heterocycles. The Balaban J connectivity index is 2.01. The summed E-state index contributed by atoms with van der Waals surface area (Å²) in [7, 11) is 1.52. The molecule has 2 heterocycles. The largest absolute Gasteiger partial charge is 0.450 e. The van der Waals surface area contributed by atoms with E-state index in [0.717, 1.165) is 21.8 Å². The first-order chi connectivity index (χ1) is 8.79. The molecule has 1 atom stereocenters. The van der Waals surface area contributed by atoms with E-state index < -0.39 is 12.4 Å². The monoisotopic (exact) mass is 261 g/mol. The average molecular weight is 261 g/mol. The van der Waals surface area contributed by atoms with Crippen molar-refractivity contribution in [3.63, 3.8) is 0 Å². The van der Waals surface area contributed by atoms with Gasteiger partial charge in [0.1, 0.15) is 5.75 Å². The first kappa shape index (κ1) is 11.1. The van der Waals surface area contributed by atoms with Crippen LogP contribution in [-0.4, -0.2) is 13.1 Å². The van der Waals surface area contributed by atoms with Gasteiger partial charge in [0.05, 0.1) is 5.56 Å². The third kappa shape index (κ3) is 1.73. The molecule has 18 heavy (non-hydrogen) atoms. The highest BCUT2D eigenvalue weighted by Gasteiger charge is 2.29. The molecule has 2 aromatic rings. The van der Waals surface area contributed by atoms with Gasteiger partial charge in [-0.3, -0.25) is 0 Å². The first-order valence-corrected chi connectivity index (χ1v) is 6.39. The van der Waals surface area contributed by atoms with Crippen molar-refractivity contribution in [1.82, 2.24) is 5.32 Å². The molecule has 0 fully saturated rings. The summed E-state index contributed by atoms with van der Waals surface area (Å²) in [5.41, 5.74) is 1.93. The van der Waals surface area contributed by atoms with Crippen molar-refractivity contribution in [3.8, 4) is 16.2 Å². The van der Waals surface area contributed by atoms with Crippen LogP contribution in [0.2, 0.25) is 0 Å². The summed E-state index contributed by atoms with van der Waals surface area (Å²) in [6, 6.07) is 9.66. The van der Waals surface area contributed by atoms with E-state index in [1.807, 2.05) is 35.7 Å². The second kappa shape index (κ2) is 4.34. The Morgan fingerprint density at radius 3 is 3.06 bits per heavy atom. The van der Waals surface area contributed by atoms with Crippen LogP contribution in [0, 0.1) is 0 Å². The number of hydrogen-bond donors (Lipinski definition) is 1. The van der Waals surface area contributed by atoms with E-state index in [2.05, 4.69) is 5.32 Å². The van der Waals surface area contributed by atoms with Crippen LogP contribution in [0.1, 0.15) is 11.9 Å². The van der Waals surface area contributed by atoms with E-state index in [1.54, 1.807) is 11.3 Å². The summed E-state index contributed by atoms with van der Waals surface area (Å²) in [5, 5.41) is 4.39. The Morgan fingerprint density at radius 1 is 1.39 bits per heavy atom. The lowest BCUT2D eigenvalue weighted by Gasteiger charge is -2.25. The lowest BCUT2D eigenvalue weighted by molar-refractivity contribution is -0.0351. The topological polar surface area (TPSA) is 47.6 Å². The normalized spacial score (nSPS) is 16.2. The fourth-order valence-corrected chi connectivity index (χ4v) is 2.85. The lowest BCUT2D eigenvalue weighted by Crippen LogP contribution is -2.25. The number of benzene rings is 1. The molecule has 1 aromatic heterocycles. The molecule has 0 aliphatic carbocycles. The number of carbonyl (C=O) groups is 1. The summed E-state index contributed by atoms with van der Waals surface area (Å²) >= 11 is 1.61. The molecular formula is C13H11NO3S. The second-order valence-electron chi connectivity index (χ2n) is 3.81. The van der Waals surface area contributed by atoms with Crippen molar-refractivity contribution in [1.29, 1.82) is 0 Å². The van der Waals surface area contributed by atoms with Gasteiger partial charge in [-0.1, -0.05) is 12.1 Å². The Bertz CT molecular complexity index is 593. The molecular weight excluding hydrogens is 250 g/mol. The number of nitrogens with one attached hydrogen (secondary N) is 1. The number of carbonyl (C=O) groups excluding carboxylic acids is 1. The lowest BCUT2D eigenvalue weighted by atomic mass is 10.1. The molecule has 1 aromatic carbocycles. The molecule has 5 heteroatoms. The molecule has 0 spiro atoms. The predicted molar refractivity (Wildman–Crippen MR) is 68.7 cm³/mol.